The van der Waals surface area contributed by atoms with E-state index >= 15 is 0 Å². The Morgan fingerprint density at radius 1 is 1.55 bits per heavy atom. The number of rotatable bonds is 0. The highest BCUT2D eigenvalue weighted by Gasteiger charge is 2.24. The smallest absolute Gasteiger partial charge is 0.148 e. The Balaban J connectivity index is 2.58. The first-order chi connectivity index (χ1) is 5.29. The largest absolute Gasteiger partial charge is 0.507 e. The van der Waals surface area contributed by atoms with Crippen LogP contribution in [0.5, 0.6) is 5.75 Å². The Kier molecular flexibility index (Phi) is 1.24. The van der Waals surface area contributed by atoms with Gasteiger partial charge in [0.15, 0.2) is 0 Å². The third kappa shape index (κ3) is 0.843. The second kappa shape index (κ2) is 2.12. The van der Waals surface area contributed by atoms with E-state index in [2.05, 4.69) is 5.32 Å². The van der Waals surface area contributed by atoms with Crippen molar-refractivity contribution in [1.29, 1.82) is 0 Å². The zero-order valence-electron chi connectivity index (χ0n) is 5.84. The molecule has 0 aliphatic carbocycles. The topological polar surface area (TPSA) is 32.3 Å². The molecule has 0 aromatic heterocycles. The van der Waals surface area contributed by atoms with Crippen molar-refractivity contribution in [3.05, 3.63) is 23.8 Å². The van der Waals surface area contributed by atoms with Crippen molar-refractivity contribution in [2.75, 3.05) is 11.9 Å². The number of benzene rings is 1. The maximum Gasteiger partial charge on any atom is 0.148 e. The highest BCUT2D eigenvalue weighted by Crippen LogP contribution is 2.38. The molecule has 1 aliphatic heterocycles. The Morgan fingerprint density at radius 2 is 2.36 bits per heavy atom. The number of anilines is 1. The van der Waals surface area contributed by atoms with E-state index < -0.39 is 6.17 Å². The maximum absolute atomic E-state index is 13.0. The van der Waals surface area contributed by atoms with E-state index in [0.717, 1.165) is 0 Å². The number of nitrogens with one attached hydrogen (secondary N) is 1. The predicted octanol–water partition coefficient (Wildman–Crippen LogP) is 1.83. The first-order valence-corrected chi connectivity index (χ1v) is 3.49. The lowest BCUT2D eigenvalue weighted by molar-refractivity contribution is 0.358. The number of fused-ring (bicyclic) bond motifs is 1. The van der Waals surface area contributed by atoms with Gasteiger partial charge in [0.05, 0.1) is 12.1 Å². The van der Waals surface area contributed by atoms with Gasteiger partial charge in [-0.15, -0.1) is 0 Å². The fraction of sp³-hybridized carbons (Fsp3) is 0.250. The second-order valence-corrected chi connectivity index (χ2v) is 2.59. The summed E-state index contributed by atoms with van der Waals surface area (Å²) >= 11 is 0. The highest BCUT2D eigenvalue weighted by atomic mass is 19.1. The molecule has 3 heteroatoms. The van der Waals surface area contributed by atoms with Crippen molar-refractivity contribution < 1.29 is 9.50 Å². The molecule has 0 saturated carbocycles. The zero-order valence-corrected chi connectivity index (χ0v) is 5.84. The summed E-state index contributed by atoms with van der Waals surface area (Å²) < 4.78 is 13.0. The molecule has 1 aliphatic rings. The van der Waals surface area contributed by atoms with Crippen molar-refractivity contribution in [2.45, 2.75) is 6.17 Å². The fourth-order valence-electron chi connectivity index (χ4n) is 1.34. The first-order valence-electron chi connectivity index (χ1n) is 3.49. The van der Waals surface area contributed by atoms with Gasteiger partial charge in [-0.1, -0.05) is 6.07 Å². The molecule has 11 heavy (non-hydrogen) atoms. The molecule has 0 saturated heterocycles. The Labute approximate surface area is 63.7 Å². The molecule has 0 fully saturated rings. The van der Waals surface area contributed by atoms with Crippen LogP contribution in [-0.4, -0.2) is 11.7 Å². The second-order valence-electron chi connectivity index (χ2n) is 2.59. The third-order valence-electron chi connectivity index (χ3n) is 1.87. The Morgan fingerprint density at radius 3 is 3.09 bits per heavy atom. The minimum Gasteiger partial charge on any atom is -0.507 e. The lowest BCUT2D eigenvalue weighted by Gasteiger charge is -2.01. The zero-order chi connectivity index (χ0) is 7.84. The van der Waals surface area contributed by atoms with Gasteiger partial charge in [0.1, 0.15) is 11.9 Å². The molecule has 58 valence electrons. The van der Waals surface area contributed by atoms with Gasteiger partial charge in [-0.3, -0.25) is 0 Å². The van der Waals surface area contributed by atoms with Crippen LogP contribution < -0.4 is 5.32 Å². The van der Waals surface area contributed by atoms with E-state index in [9.17, 15) is 9.50 Å². The summed E-state index contributed by atoms with van der Waals surface area (Å²) in [6, 6.07) is 4.95. The summed E-state index contributed by atoms with van der Waals surface area (Å²) in [7, 11) is 0. The number of alkyl halides is 1. The minimum absolute atomic E-state index is 0.0417. The number of phenols is 1. The van der Waals surface area contributed by atoms with Gasteiger partial charge < -0.3 is 10.4 Å². The quantitative estimate of drug-likeness (QED) is 0.596. The van der Waals surface area contributed by atoms with Gasteiger partial charge in [0.25, 0.3) is 0 Å². The normalized spacial score (nSPS) is 21.0. The van der Waals surface area contributed by atoms with Gasteiger partial charge in [0, 0.05) is 5.69 Å². The van der Waals surface area contributed by atoms with Crippen molar-refractivity contribution in [1.82, 2.24) is 0 Å². The van der Waals surface area contributed by atoms with Crippen LogP contribution in [0.2, 0.25) is 0 Å². The van der Waals surface area contributed by atoms with Gasteiger partial charge in [-0.2, -0.15) is 0 Å². The molecule has 1 aromatic rings. The average Bonchev–Trinajstić information content (AvgIpc) is 2.34. The first kappa shape index (κ1) is 6.46. The predicted molar refractivity (Wildman–Crippen MR) is 40.4 cm³/mol. The highest BCUT2D eigenvalue weighted by molar-refractivity contribution is 5.62. The lowest BCUT2D eigenvalue weighted by Crippen LogP contribution is -1.94. The molecule has 2 nitrogen and oxygen atoms in total. The molecular weight excluding hydrogens is 145 g/mol. The van der Waals surface area contributed by atoms with Crippen LogP contribution >= 0.6 is 0 Å². The van der Waals surface area contributed by atoms with E-state index in [1.54, 1.807) is 12.1 Å². The minimum atomic E-state index is -1.06. The van der Waals surface area contributed by atoms with Gasteiger partial charge in [-0.05, 0) is 12.1 Å². The lowest BCUT2D eigenvalue weighted by atomic mass is 10.1. The molecule has 1 aromatic carbocycles. The molecule has 0 spiro atoms. The van der Waals surface area contributed by atoms with E-state index in [1.807, 2.05) is 0 Å². The van der Waals surface area contributed by atoms with Crippen LogP contribution in [0.4, 0.5) is 10.1 Å². The summed E-state index contributed by atoms with van der Waals surface area (Å²) in [5.74, 6) is 0.0417. The van der Waals surface area contributed by atoms with Crippen molar-refractivity contribution in [3.63, 3.8) is 0 Å². The van der Waals surface area contributed by atoms with Gasteiger partial charge in [0.2, 0.25) is 0 Å². The molecule has 1 atom stereocenters. The number of hydrogen-bond acceptors (Lipinski definition) is 2. The number of aromatic hydroxyl groups is 1. The van der Waals surface area contributed by atoms with Crippen LogP contribution in [0.1, 0.15) is 11.7 Å². The van der Waals surface area contributed by atoms with Gasteiger partial charge >= 0.3 is 0 Å². The van der Waals surface area contributed by atoms with Crippen molar-refractivity contribution in [2.24, 2.45) is 0 Å². The van der Waals surface area contributed by atoms with Crippen molar-refractivity contribution in [3.8, 4) is 5.75 Å². The summed E-state index contributed by atoms with van der Waals surface area (Å²) in [6.45, 7) is 0.271. The molecular formula is C8H8FNO. The molecule has 1 heterocycles. The third-order valence-corrected chi connectivity index (χ3v) is 1.87. The fourth-order valence-corrected chi connectivity index (χ4v) is 1.34. The van der Waals surface area contributed by atoms with Crippen molar-refractivity contribution >= 4 is 5.69 Å². The van der Waals surface area contributed by atoms with E-state index in [1.165, 1.54) is 6.07 Å². The summed E-state index contributed by atoms with van der Waals surface area (Å²) in [6.07, 6.45) is -1.06. The molecule has 0 radical (unpaired) electrons. The Hall–Kier alpha value is -1.25. The van der Waals surface area contributed by atoms with Crippen LogP contribution in [0.3, 0.4) is 0 Å². The number of hydrogen-bond donors (Lipinski definition) is 2. The van der Waals surface area contributed by atoms with Crippen LogP contribution in [0.15, 0.2) is 18.2 Å². The van der Waals surface area contributed by atoms with Crippen LogP contribution in [0, 0.1) is 0 Å². The van der Waals surface area contributed by atoms with Gasteiger partial charge in [-0.25, -0.2) is 4.39 Å². The van der Waals surface area contributed by atoms with E-state index in [0.29, 0.717) is 11.3 Å². The van der Waals surface area contributed by atoms with E-state index in [-0.39, 0.29) is 12.3 Å². The number of phenolic OH excluding ortho intramolecular Hbond substituents is 1. The average molecular weight is 153 g/mol. The van der Waals surface area contributed by atoms with Crippen LogP contribution in [-0.2, 0) is 0 Å². The summed E-state index contributed by atoms with van der Waals surface area (Å²) in [4.78, 5) is 0. The molecule has 0 amide bonds. The maximum atomic E-state index is 13.0. The van der Waals surface area contributed by atoms with E-state index in [4.69, 9.17) is 0 Å². The molecule has 2 rings (SSSR count). The number of halogens is 1. The van der Waals surface area contributed by atoms with Crippen LogP contribution in [0.25, 0.3) is 0 Å². The standard InChI is InChI=1S/C8H8FNO/c9-5-4-10-6-2-1-3-7(11)8(5)6/h1-3,5,10-11H,4H2. The molecule has 0 bridgehead atoms. The summed E-state index contributed by atoms with van der Waals surface area (Å²) in [5, 5.41) is 12.1. The Bertz CT molecular complexity index is 287. The SMILES string of the molecule is Oc1cccc2c1C(F)CN2. The summed E-state index contributed by atoms with van der Waals surface area (Å²) in [5.41, 5.74) is 1.10. The molecule has 1 unspecified atom stereocenters. The monoisotopic (exact) mass is 153 g/mol. The molecule has 2 N–H and O–H groups in total.